The standard InChI is InChI=1S/C20H22N2O2.ClH/c1-20(14-9-5-4-6-10-14)19-16(13-18(23-2)22(20)24-3)15-11-7-8-12-17(15)21-19;/h4-12,18,21H,13H2,1-3H3;1H. The summed E-state index contributed by atoms with van der Waals surface area (Å²) in [7, 11) is 3.45. The first-order valence-corrected chi connectivity index (χ1v) is 8.22. The van der Waals surface area contributed by atoms with Crippen LogP contribution in [0.1, 0.15) is 23.7 Å². The molecule has 3 aromatic rings. The van der Waals surface area contributed by atoms with Gasteiger partial charge in [-0.05, 0) is 24.1 Å². The van der Waals surface area contributed by atoms with Crippen LogP contribution in [0.4, 0.5) is 0 Å². The van der Waals surface area contributed by atoms with E-state index in [0.717, 1.165) is 11.9 Å². The summed E-state index contributed by atoms with van der Waals surface area (Å²) < 4.78 is 5.77. The molecule has 132 valence electrons. The number of ether oxygens (including phenoxy) is 1. The van der Waals surface area contributed by atoms with Crippen LogP contribution >= 0.6 is 12.4 Å². The highest BCUT2D eigenvalue weighted by molar-refractivity contribution is 5.86. The fourth-order valence-corrected chi connectivity index (χ4v) is 4.00. The van der Waals surface area contributed by atoms with Crippen LogP contribution in [0.5, 0.6) is 0 Å². The van der Waals surface area contributed by atoms with E-state index in [1.54, 1.807) is 14.2 Å². The van der Waals surface area contributed by atoms with Gasteiger partial charge < -0.3 is 9.72 Å². The van der Waals surface area contributed by atoms with Gasteiger partial charge in [0.1, 0.15) is 11.8 Å². The van der Waals surface area contributed by atoms with Crippen molar-refractivity contribution < 1.29 is 9.57 Å². The first-order chi connectivity index (χ1) is 11.7. The van der Waals surface area contributed by atoms with Gasteiger partial charge >= 0.3 is 0 Å². The Bertz CT molecular complexity index is 865. The summed E-state index contributed by atoms with van der Waals surface area (Å²) in [5.74, 6) is 0. The quantitative estimate of drug-likeness (QED) is 0.760. The number of nitrogens with zero attached hydrogens (tertiary/aromatic N) is 1. The molecule has 2 aromatic carbocycles. The van der Waals surface area contributed by atoms with E-state index in [9.17, 15) is 0 Å². The summed E-state index contributed by atoms with van der Waals surface area (Å²) in [5, 5.41) is 3.22. The van der Waals surface area contributed by atoms with Crippen molar-refractivity contribution in [3.05, 3.63) is 71.4 Å². The maximum absolute atomic E-state index is 5.81. The van der Waals surface area contributed by atoms with Crippen molar-refractivity contribution in [3.8, 4) is 0 Å². The lowest BCUT2D eigenvalue weighted by molar-refractivity contribution is -0.279. The molecule has 0 amide bonds. The molecule has 2 atom stereocenters. The molecule has 1 aliphatic rings. The fraction of sp³-hybridized carbons (Fsp3) is 0.300. The van der Waals surface area contributed by atoms with Crippen molar-refractivity contribution >= 4 is 23.3 Å². The number of hydroxylamine groups is 2. The molecule has 0 bridgehead atoms. The van der Waals surface area contributed by atoms with E-state index in [0.29, 0.717) is 0 Å². The summed E-state index contributed by atoms with van der Waals surface area (Å²) in [4.78, 5) is 9.44. The average molecular weight is 359 g/mol. The monoisotopic (exact) mass is 358 g/mol. The van der Waals surface area contributed by atoms with Crippen LogP contribution in [-0.2, 0) is 21.5 Å². The van der Waals surface area contributed by atoms with Crippen molar-refractivity contribution in [1.82, 2.24) is 10.0 Å². The van der Waals surface area contributed by atoms with E-state index < -0.39 is 5.54 Å². The van der Waals surface area contributed by atoms with Crippen LogP contribution in [0.3, 0.4) is 0 Å². The molecule has 1 aliphatic heterocycles. The van der Waals surface area contributed by atoms with E-state index in [1.807, 2.05) is 11.1 Å². The molecule has 4 rings (SSSR count). The Balaban J connectivity index is 0.00000182. The Morgan fingerprint density at radius 2 is 1.72 bits per heavy atom. The molecule has 2 unspecified atom stereocenters. The minimum Gasteiger partial charge on any atom is -0.364 e. The van der Waals surface area contributed by atoms with Crippen molar-refractivity contribution in [2.75, 3.05) is 14.2 Å². The molecule has 0 saturated heterocycles. The maximum Gasteiger partial charge on any atom is 0.138 e. The van der Waals surface area contributed by atoms with Crippen molar-refractivity contribution in [2.24, 2.45) is 0 Å². The zero-order valence-electron chi connectivity index (χ0n) is 14.7. The van der Waals surface area contributed by atoms with Gasteiger partial charge in [-0.1, -0.05) is 48.5 Å². The van der Waals surface area contributed by atoms with Gasteiger partial charge in [0.05, 0.1) is 7.11 Å². The third-order valence-corrected chi connectivity index (χ3v) is 5.19. The van der Waals surface area contributed by atoms with E-state index >= 15 is 0 Å². The molecular formula is C20H23ClN2O2. The Labute approximate surface area is 154 Å². The van der Waals surface area contributed by atoms with Gasteiger partial charge in [-0.25, -0.2) is 0 Å². The van der Waals surface area contributed by atoms with Gasteiger partial charge in [-0.3, -0.25) is 4.84 Å². The Hall–Kier alpha value is -1.85. The van der Waals surface area contributed by atoms with E-state index in [4.69, 9.17) is 9.57 Å². The second kappa shape index (κ2) is 6.81. The molecule has 5 heteroatoms. The number of rotatable bonds is 3. The molecular weight excluding hydrogens is 336 g/mol. The molecule has 0 radical (unpaired) electrons. The number of benzene rings is 2. The zero-order valence-corrected chi connectivity index (χ0v) is 15.5. The SMILES string of the molecule is COC1Cc2c([nH]c3ccccc23)C(C)(c2ccccc2)N1OC.Cl. The first-order valence-electron chi connectivity index (χ1n) is 8.22. The average Bonchev–Trinajstić information content (AvgIpc) is 3.01. The van der Waals surface area contributed by atoms with Gasteiger partial charge in [0.15, 0.2) is 0 Å². The summed E-state index contributed by atoms with van der Waals surface area (Å²) >= 11 is 0. The highest BCUT2D eigenvalue weighted by atomic mass is 35.5. The lowest BCUT2D eigenvalue weighted by Gasteiger charge is -2.46. The number of H-pyrrole nitrogens is 1. The number of fused-ring (bicyclic) bond motifs is 3. The molecule has 0 saturated carbocycles. The number of aromatic nitrogens is 1. The van der Waals surface area contributed by atoms with Crippen LogP contribution in [0.25, 0.3) is 10.9 Å². The number of hydrogen-bond donors (Lipinski definition) is 1. The largest absolute Gasteiger partial charge is 0.364 e. The fourth-order valence-electron chi connectivity index (χ4n) is 4.00. The number of hydrogen-bond acceptors (Lipinski definition) is 3. The van der Waals surface area contributed by atoms with Crippen LogP contribution in [-0.4, -0.2) is 30.5 Å². The third-order valence-electron chi connectivity index (χ3n) is 5.19. The topological polar surface area (TPSA) is 37.5 Å². The molecule has 0 spiro atoms. The highest BCUT2D eigenvalue weighted by Gasteiger charge is 2.47. The second-order valence-electron chi connectivity index (χ2n) is 6.37. The summed E-state index contributed by atoms with van der Waals surface area (Å²) in [6.45, 7) is 2.19. The minimum absolute atomic E-state index is 0. The van der Waals surface area contributed by atoms with Crippen molar-refractivity contribution in [3.63, 3.8) is 0 Å². The highest BCUT2D eigenvalue weighted by Crippen LogP contribution is 2.45. The van der Waals surface area contributed by atoms with Crippen molar-refractivity contribution in [2.45, 2.75) is 25.1 Å². The predicted molar refractivity (Wildman–Crippen MR) is 102 cm³/mol. The van der Waals surface area contributed by atoms with E-state index in [-0.39, 0.29) is 18.6 Å². The lowest BCUT2D eigenvalue weighted by Crippen LogP contribution is -2.54. The normalized spacial score (nSPS) is 23.2. The summed E-state index contributed by atoms with van der Waals surface area (Å²) in [6, 6.07) is 18.9. The van der Waals surface area contributed by atoms with Crippen LogP contribution in [0.15, 0.2) is 54.6 Å². The number of methoxy groups -OCH3 is 1. The molecule has 1 aromatic heterocycles. The molecule has 1 N–H and O–H groups in total. The van der Waals surface area contributed by atoms with Gasteiger partial charge in [0.2, 0.25) is 0 Å². The van der Waals surface area contributed by atoms with Gasteiger partial charge in [0, 0.05) is 30.1 Å². The smallest absolute Gasteiger partial charge is 0.138 e. The Kier molecular flexibility index (Phi) is 4.89. The zero-order chi connectivity index (χ0) is 16.7. The van der Waals surface area contributed by atoms with Crippen LogP contribution in [0.2, 0.25) is 0 Å². The number of para-hydroxylation sites is 1. The molecule has 0 fully saturated rings. The third kappa shape index (κ3) is 2.57. The molecule has 4 nitrogen and oxygen atoms in total. The Morgan fingerprint density at radius 1 is 1.04 bits per heavy atom. The van der Waals surface area contributed by atoms with E-state index in [1.165, 1.54) is 22.2 Å². The van der Waals surface area contributed by atoms with Crippen LogP contribution in [0, 0.1) is 0 Å². The minimum atomic E-state index is -0.455. The molecule has 25 heavy (non-hydrogen) atoms. The predicted octanol–water partition coefficient (Wildman–Crippen LogP) is 4.25. The summed E-state index contributed by atoms with van der Waals surface area (Å²) in [6.07, 6.45) is 0.637. The summed E-state index contributed by atoms with van der Waals surface area (Å²) in [5.41, 5.74) is 4.34. The van der Waals surface area contributed by atoms with Gasteiger partial charge in [-0.2, -0.15) is 0 Å². The van der Waals surface area contributed by atoms with Gasteiger partial charge in [0.25, 0.3) is 0 Å². The molecule has 2 heterocycles. The lowest BCUT2D eigenvalue weighted by atomic mass is 9.81. The molecule has 0 aliphatic carbocycles. The number of halogens is 1. The number of aromatic amines is 1. The number of nitrogens with one attached hydrogen (secondary N) is 1. The second-order valence-corrected chi connectivity index (χ2v) is 6.37. The van der Waals surface area contributed by atoms with Crippen LogP contribution < -0.4 is 0 Å². The van der Waals surface area contributed by atoms with Crippen molar-refractivity contribution in [1.29, 1.82) is 0 Å². The maximum atomic E-state index is 5.81. The Morgan fingerprint density at radius 3 is 2.40 bits per heavy atom. The first kappa shape index (κ1) is 18.0. The van der Waals surface area contributed by atoms with E-state index in [2.05, 4.69) is 60.4 Å². The van der Waals surface area contributed by atoms with Gasteiger partial charge in [-0.15, -0.1) is 17.5 Å².